The van der Waals surface area contributed by atoms with Gasteiger partial charge in [0.15, 0.2) is 6.61 Å². The molecule has 2 rings (SSSR count). The van der Waals surface area contributed by atoms with Crippen LogP contribution in [0.3, 0.4) is 0 Å². The third-order valence-corrected chi connectivity index (χ3v) is 5.11. The topological polar surface area (TPSA) is 58.6 Å². The van der Waals surface area contributed by atoms with Crippen LogP contribution in [-0.4, -0.2) is 35.9 Å². The molecule has 0 aliphatic carbocycles. The van der Waals surface area contributed by atoms with E-state index in [1.54, 1.807) is 4.90 Å². The average Bonchev–Trinajstić information content (AvgIpc) is 2.73. The van der Waals surface area contributed by atoms with Crippen molar-refractivity contribution in [2.45, 2.75) is 53.6 Å². The van der Waals surface area contributed by atoms with Crippen molar-refractivity contribution in [2.75, 3.05) is 13.2 Å². The summed E-state index contributed by atoms with van der Waals surface area (Å²) in [4.78, 5) is 27.6. The van der Waals surface area contributed by atoms with Crippen LogP contribution in [0.2, 0.25) is 0 Å². The van der Waals surface area contributed by atoms with Gasteiger partial charge in [0.1, 0.15) is 11.8 Å². The van der Waals surface area contributed by atoms with Crippen LogP contribution in [0.4, 0.5) is 0 Å². The quantitative estimate of drug-likeness (QED) is 0.637. The van der Waals surface area contributed by atoms with Gasteiger partial charge in [-0.25, -0.2) is 0 Å². The number of aryl methyl sites for hydroxylation is 2. The van der Waals surface area contributed by atoms with Crippen molar-refractivity contribution < 1.29 is 14.3 Å². The first kappa shape index (κ1) is 23.5. The minimum atomic E-state index is -0.542. The lowest BCUT2D eigenvalue weighted by Crippen LogP contribution is -2.50. The predicted molar refractivity (Wildman–Crippen MR) is 120 cm³/mol. The lowest BCUT2D eigenvalue weighted by molar-refractivity contribution is -0.143. The largest absolute Gasteiger partial charge is 0.484 e. The van der Waals surface area contributed by atoms with E-state index in [1.165, 1.54) is 5.56 Å². The number of carbonyl (C=O) groups excluding carboxylic acids is 2. The average molecular weight is 411 g/mol. The van der Waals surface area contributed by atoms with Crippen molar-refractivity contribution in [3.05, 3.63) is 65.2 Å². The first-order valence-corrected chi connectivity index (χ1v) is 10.6. The molecular weight excluding hydrogens is 376 g/mol. The Kier molecular flexibility index (Phi) is 8.90. The van der Waals surface area contributed by atoms with E-state index in [4.69, 9.17) is 4.74 Å². The zero-order valence-electron chi connectivity index (χ0n) is 18.8. The van der Waals surface area contributed by atoms with E-state index >= 15 is 0 Å². The van der Waals surface area contributed by atoms with Crippen molar-refractivity contribution in [3.8, 4) is 5.75 Å². The molecule has 0 bridgehead atoms. The number of hydrogen-bond acceptors (Lipinski definition) is 3. The Balaban J connectivity index is 2.16. The molecule has 0 fully saturated rings. The van der Waals surface area contributed by atoms with E-state index in [-0.39, 0.29) is 18.4 Å². The minimum absolute atomic E-state index is 0.108. The van der Waals surface area contributed by atoms with Crippen LogP contribution in [0, 0.1) is 19.8 Å². The Bertz CT molecular complexity index is 834. The van der Waals surface area contributed by atoms with Crippen LogP contribution in [0.1, 0.15) is 43.9 Å². The maximum atomic E-state index is 13.1. The van der Waals surface area contributed by atoms with Crippen LogP contribution in [0.15, 0.2) is 48.5 Å². The lowest BCUT2D eigenvalue weighted by atomic mass is 10.1. The molecule has 0 spiro atoms. The van der Waals surface area contributed by atoms with Gasteiger partial charge in [-0.15, -0.1) is 0 Å². The summed E-state index contributed by atoms with van der Waals surface area (Å²) in [5.41, 5.74) is 3.26. The number of hydrogen-bond donors (Lipinski definition) is 1. The summed E-state index contributed by atoms with van der Waals surface area (Å²) in [5.74, 6) is 0.673. The van der Waals surface area contributed by atoms with Crippen molar-refractivity contribution in [2.24, 2.45) is 5.92 Å². The fourth-order valence-electron chi connectivity index (χ4n) is 3.15. The van der Waals surface area contributed by atoms with Gasteiger partial charge in [-0.1, -0.05) is 57.2 Å². The second-order valence-electron chi connectivity index (χ2n) is 8.11. The number of amides is 2. The van der Waals surface area contributed by atoms with Gasteiger partial charge >= 0.3 is 0 Å². The van der Waals surface area contributed by atoms with Gasteiger partial charge in [0, 0.05) is 13.1 Å². The highest BCUT2D eigenvalue weighted by Gasteiger charge is 2.29. The van der Waals surface area contributed by atoms with Crippen LogP contribution in [0.5, 0.6) is 5.75 Å². The summed E-state index contributed by atoms with van der Waals surface area (Å²) >= 11 is 0. The summed E-state index contributed by atoms with van der Waals surface area (Å²) in [6.45, 7) is 10.9. The number of nitrogens with zero attached hydrogens (tertiary/aromatic N) is 1. The highest BCUT2D eigenvalue weighted by Crippen LogP contribution is 2.18. The number of carbonyl (C=O) groups is 2. The Morgan fingerprint density at radius 3 is 2.33 bits per heavy atom. The molecule has 0 saturated carbocycles. The first-order valence-electron chi connectivity index (χ1n) is 10.6. The van der Waals surface area contributed by atoms with E-state index in [1.807, 2.05) is 83.1 Å². The van der Waals surface area contributed by atoms with Gasteiger partial charge < -0.3 is 15.0 Å². The van der Waals surface area contributed by atoms with E-state index in [9.17, 15) is 9.59 Å². The molecule has 0 radical (unpaired) electrons. The second-order valence-corrected chi connectivity index (χ2v) is 8.11. The Labute approximate surface area is 180 Å². The molecule has 0 aliphatic rings. The summed E-state index contributed by atoms with van der Waals surface area (Å²) in [6, 6.07) is 15.0. The maximum Gasteiger partial charge on any atom is 0.261 e. The lowest BCUT2D eigenvalue weighted by Gasteiger charge is -2.30. The van der Waals surface area contributed by atoms with E-state index in [0.29, 0.717) is 31.2 Å². The Hall–Kier alpha value is -2.82. The summed E-state index contributed by atoms with van der Waals surface area (Å²) in [6.07, 6.45) is 0.534. The van der Waals surface area contributed by atoms with Gasteiger partial charge in [-0.2, -0.15) is 0 Å². The van der Waals surface area contributed by atoms with Crippen molar-refractivity contribution in [1.29, 1.82) is 0 Å². The van der Waals surface area contributed by atoms with E-state index < -0.39 is 6.04 Å². The molecule has 0 saturated heterocycles. The molecular formula is C25H34N2O3. The predicted octanol–water partition coefficient (Wildman–Crippen LogP) is 4.26. The fourth-order valence-corrected chi connectivity index (χ4v) is 3.15. The van der Waals surface area contributed by atoms with Gasteiger partial charge in [-0.05, 0) is 55.0 Å². The molecule has 30 heavy (non-hydrogen) atoms. The maximum absolute atomic E-state index is 13.1. The molecule has 1 atom stereocenters. The van der Waals surface area contributed by atoms with E-state index in [2.05, 4.69) is 5.32 Å². The highest BCUT2D eigenvalue weighted by atomic mass is 16.5. The van der Waals surface area contributed by atoms with Crippen molar-refractivity contribution >= 4 is 11.8 Å². The van der Waals surface area contributed by atoms with Crippen LogP contribution < -0.4 is 10.1 Å². The summed E-state index contributed by atoms with van der Waals surface area (Å²) in [7, 11) is 0. The third kappa shape index (κ3) is 6.90. The van der Waals surface area contributed by atoms with Gasteiger partial charge in [-0.3, -0.25) is 9.59 Å². The molecule has 2 aromatic carbocycles. The van der Waals surface area contributed by atoms with Gasteiger partial charge in [0.05, 0.1) is 0 Å². The molecule has 5 nitrogen and oxygen atoms in total. The number of ether oxygens (including phenoxy) is 1. The molecule has 1 unspecified atom stereocenters. The zero-order chi connectivity index (χ0) is 22.1. The molecule has 162 valence electrons. The molecule has 2 aromatic rings. The van der Waals surface area contributed by atoms with Crippen LogP contribution in [-0.2, 0) is 16.1 Å². The monoisotopic (exact) mass is 410 g/mol. The summed E-state index contributed by atoms with van der Waals surface area (Å²) in [5, 5.41) is 2.97. The van der Waals surface area contributed by atoms with Gasteiger partial charge in [0.25, 0.3) is 5.91 Å². The normalized spacial score (nSPS) is 11.8. The first-order chi connectivity index (χ1) is 14.3. The SMILES string of the molecule is CCC(C(=O)NCC(C)C)N(Cc1ccccc1)C(=O)COc1ccc(C)c(C)c1. The fraction of sp³-hybridized carbons (Fsp3) is 0.440. The standard InChI is InChI=1S/C25H34N2O3/c1-6-23(25(29)26-15-18(2)3)27(16-21-10-8-7-9-11-21)24(28)17-30-22-13-12-19(4)20(5)14-22/h7-14,18,23H,6,15-17H2,1-5H3,(H,26,29). The second kappa shape index (κ2) is 11.4. The Morgan fingerprint density at radius 2 is 1.73 bits per heavy atom. The number of rotatable bonds is 10. The van der Waals surface area contributed by atoms with Crippen molar-refractivity contribution in [1.82, 2.24) is 10.2 Å². The number of nitrogens with one attached hydrogen (secondary N) is 1. The molecule has 1 N–H and O–H groups in total. The Morgan fingerprint density at radius 1 is 1.03 bits per heavy atom. The number of benzene rings is 2. The molecule has 0 aromatic heterocycles. The zero-order valence-corrected chi connectivity index (χ0v) is 18.8. The molecule has 2 amide bonds. The minimum Gasteiger partial charge on any atom is -0.484 e. The molecule has 0 aliphatic heterocycles. The molecule has 0 heterocycles. The van der Waals surface area contributed by atoms with Gasteiger partial charge in [0.2, 0.25) is 5.91 Å². The molecule has 5 heteroatoms. The highest BCUT2D eigenvalue weighted by molar-refractivity contribution is 5.88. The summed E-state index contributed by atoms with van der Waals surface area (Å²) < 4.78 is 5.77. The smallest absolute Gasteiger partial charge is 0.261 e. The van der Waals surface area contributed by atoms with Crippen LogP contribution in [0.25, 0.3) is 0 Å². The van der Waals surface area contributed by atoms with Crippen molar-refractivity contribution in [3.63, 3.8) is 0 Å². The van der Waals surface area contributed by atoms with E-state index in [0.717, 1.165) is 11.1 Å². The van der Waals surface area contributed by atoms with Crippen LogP contribution >= 0.6 is 0 Å². The third-order valence-electron chi connectivity index (χ3n) is 5.11.